The van der Waals surface area contributed by atoms with Crippen molar-refractivity contribution in [2.45, 2.75) is 24.5 Å². The van der Waals surface area contributed by atoms with Crippen molar-refractivity contribution in [3.8, 4) is 0 Å². The van der Waals surface area contributed by atoms with E-state index in [9.17, 15) is 15.0 Å². The summed E-state index contributed by atoms with van der Waals surface area (Å²) in [5.74, 6) is -0.114. The van der Waals surface area contributed by atoms with Gasteiger partial charge in [0.15, 0.2) is 17.4 Å². The number of nitrogens with one attached hydrogen (secondary N) is 1. The van der Waals surface area contributed by atoms with Crippen LogP contribution in [0.3, 0.4) is 0 Å². The Kier molecular flexibility index (Phi) is 3.42. The van der Waals surface area contributed by atoms with Crippen molar-refractivity contribution in [1.29, 1.82) is 0 Å². The van der Waals surface area contributed by atoms with E-state index in [-0.39, 0.29) is 17.1 Å². The van der Waals surface area contributed by atoms with Crippen LogP contribution in [0, 0.1) is 0 Å². The molecule has 4 unspecified atom stereocenters. The van der Waals surface area contributed by atoms with E-state index in [2.05, 4.69) is 25.0 Å². The van der Waals surface area contributed by atoms with Crippen molar-refractivity contribution in [2.24, 2.45) is 5.11 Å². The van der Waals surface area contributed by atoms with E-state index in [1.54, 1.807) is 0 Å². The number of nitrogen functional groups attached to an aromatic ring is 1. The van der Waals surface area contributed by atoms with Crippen LogP contribution in [0.15, 0.2) is 16.2 Å². The first-order chi connectivity index (χ1) is 10.6. The highest BCUT2D eigenvalue weighted by atomic mass is 16.5. The molecule has 0 radical (unpaired) electrons. The summed E-state index contributed by atoms with van der Waals surface area (Å²) in [6.45, 7) is -0.444. The van der Waals surface area contributed by atoms with E-state index < -0.39 is 36.6 Å². The molecule has 5 N–H and O–H groups in total. The maximum absolute atomic E-state index is 11.7. The number of azide groups is 1. The number of aliphatic hydroxyl groups excluding tert-OH is 2. The fourth-order valence-electron chi connectivity index (χ4n) is 2.44. The molecule has 1 fully saturated rings. The summed E-state index contributed by atoms with van der Waals surface area (Å²) in [4.78, 5) is 24.5. The number of rotatable bonds is 3. The van der Waals surface area contributed by atoms with Gasteiger partial charge >= 0.3 is 0 Å². The van der Waals surface area contributed by atoms with Crippen molar-refractivity contribution in [3.05, 3.63) is 27.1 Å². The van der Waals surface area contributed by atoms with Crippen molar-refractivity contribution in [1.82, 2.24) is 19.5 Å². The molecule has 0 spiro atoms. The van der Waals surface area contributed by atoms with Gasteiger partial charge in [0, 0.05) is 4.91 Å². The number of nitrogens with two attached hydrogens (primary N) is 1. The fraction of sp³-hybridized carbons (Fsp3) is 0.500. The monoisotopic (exact) mass is 308 g/mol. The lowest BCUT2D eigenvalue weighted by molar-refractivity contribution is -0.0488. The topological polar surface area (TPSA) is 188 Å². The highest BCUT2D eigenvalue weighted by Gasteiger charge is 2.44. The van der Waals surface area contributed by atoms with Gasteiger partial charge in [-0.3, -0.25) is 14.3 Å². The number of nitrogens with zero attached hydrogens (tertiary/aromatic N) is 6. The molecule has 12 heteroatoms. The lowest BCUT2D eigenvalue weighted by Crippen LogP contribution is -2.31. The van der Waals surface area contributed by atoms with E-state index in [4.69, 9.17) is 16.0 Å². The zero-order valence-corrected chi connectivity index (χ0v) is 11.1. The number of fused-ring (bicyclic) bond motifs is 1. The molecule has 1 saturated heterocycles. The van der Waals surface area contributed by atoms with Gasteiger partial charge in [-0.2, -0.15) is 4.98 Å². The summed E-state index contributed by atoms with van der Waals surface area (Å²) < 4.78 is 6.79. The second-order valence-electron chi connectivity index (χ2n) is 4.71. The van der Waals surface area contributed by atoms with Gasteiger partial charge in [0.2, 0.25) is 5.95 Å². The zero-order chi connectivity index (χ0) is 15.9. The van der Waals surface area contributed by atoms with E-state index in [0.717, 1.165) is 0 Å². The molecule has 12 nitrogen and oxygen atoms in total. The third kappa shape index (κ3) is 2.07. The lowest BCUT2D eigenvalue weighted by Gasteiger charge is -2.16. The van der Waals surface area contributed by atoms with E-state index in [1.165, 1.54) is 10.9 Å². The molecule has 3 heterocycles. The minimum absolute atomic E-state index is 0.0257. The quantitative estimate of drug-likeness (QED) is 0.305. The van der Waals surface area contributed by atoms with Gasteiger partial charge in [-0.05, 0) is 5.53 Å². The average Bonchev–Trinajstić information content (AvgIpc) is 3.02. The third-order valence-electron chi connectivity index (χ3n) is 3.43. The molecular formula is C10H12N8O4. The van der Waals surface area contributed by atoms with Crippen LogP contribution in [-0.2, 0) is 4.74 Å². The molecule has 0 saturated carbocycles. The van der Waals surface area contributed by atoms with Gasteiger partial charge < -0.3 is 20.7 Å². The van der Waals surface area contributed by atoms with Gasteiger partial charge in [-0.15, -0.1) is 0 Å². The fourth-order valence-corrected chi connectivity index (χ4v) is 2.44. The van der Waals surface area contributed by atoms with Gasteiger partial charge in [-0.25, -0.2) is 4.98 Å². The summed E-state index contributed by atoms with van der Waals surface area (Å²) >= 11 is 0. The van der Waals surface area contributed by atoms with Gasteiger partial charge in [-0.1, -0.05) is 5.11 Å². The molecule has 3 rings (SSSR count). The van der Waals surface area contributed by atoms with Gasteiger partial charge in [0.25, 0.3) is 5.56 Å². The van der Waals surface area contributed by atoms with Crippen molar-refractivity contribution in [2.75, 3.05) is 12.3 Å². The number of aromatic amines is 1. The van der Waals surface area contributed by atoms with Crippen LogP contribution in [0.1, 0.15) is 6.23 Å². The number of aliphatic hydroxyl groups is 2. The van der Waals surface area contributed by atoms with Crippen molar-refractivity contribution < 1.29 is 14.9 Å². The first-order valence-electron chi connectivity index (χ1n) is 6.27. The summed E-state index contributed by atoms with van der Waals surface area (Å²) in [6, 6.07) is -0.975. The molecule has 22 heavy (non-hydrogen) atoms. The zero-order valence-electron chi connectivity index (χ0n) is 11.1. The molecule has 0 bridgehead atoms. The van der Waals surface area contributed by atoms with E-state index >= 15 is 0 Å². The summed E-state index contributed by atoms with van der Waals surface area (Å²) in [6.07, 6.45) is -1.89. The number of hydrogen-bond acceptors (Lipinski definition) is 8. The highest BCUT2D eigenvalue weighted by Crippen LogP contribution is 2.32. The molecule has 1 aliphatic rings. The Morgan fingerprint density at radius 1 is 1.64 bits per heavy atom. The Bertz CT molecular complexity index is 809. The largest absolute Gasteiger partial charge is 0.394 e. The molecule has 116 valence electrons. The first kappa shape index (κ1) is 14.3. The maximum atomic E-state index is 11.7. The average molecular weight is 308 g/mol. The van der Waals surface area contributed by atoms with Crippen LogP contribution in [0.4, 0.5) is 5.95 Å². The smallest absolute Gasteiger partial charge is 0.280 e. The molecule has 0 aliphatic carbocycles. The van der Waals surface area contributed by atoms with E-state index in [1.807, 2.05) is 0 Å². The Balaban J connectivity index is 2.08. The normalized spacial score (nSPS) is 27.9. The summed E-state index contributed by atoms with van der Waals surface area (Å²) in [5, 5.41) is 23.0. The van der Waals surface area contributed by atoms with Crippen LogP contribution < -0.4 is 11.3 Å². The second-order valence-corrected chi connectivity index (χ2v) is 4.71. The minimum atomic E-state index is -1.24. The third-order valence-corrected chi connectivity index (χ3v) is 3.43. The molecule has 2 aromatic rings. The van der Waals surface area contributed by atoms with Crippen LogP contribution in [0.25, 0.3) is 21.6 Å². The van der Waals surface area contributed by atoms with Gasteiger partial charge in [0.1, 0.15) is 6.10 Å². The Labute approximate surface area is 121 Å². The predicted octanol–water partition coefficient (Wildman–Crippen LogP) is -1.37. The van der Waals surface area contributed by atoms with Crippen LogP contribution in [-0.4, -0.2) is 54.6 Å². The maximum Gasteiger partial charge on any atom is 0.280 e. The molecule has 1 aliphatic heterocycles. The Hall–Kier alpha value is -2.66. The summed E-state index contributed by atoms with van der Waals surface area (Å²) in [5.41, 5.74) is 13.6. The van der Waals surface area contributed by atoms with Crippen LogP contribution in [0.5, 0.6) is 0 Å². The van der Waals surface area contributed by atoms with Crippen molar-refractivity contribution >= 4 is 17.1 Å². The van der Waals surface area contributed by atoms with Crippen LogP contribution >= 0.6 is 0 Å². The predicted molar refractivity (Wildman–Crippen MR) is 72.5 cm³/mol. The molecule has 0 aromatic carbocycles. The molecule has 0 amide bonds. The first-order valence-corrected chi connectivity index (χ1v) is 6.27. The molecular weight excluding hydrogens is 296 g/mol. The SMILES string of the molecule is [N-]=[N+]=NC1C(CO)OC(n2cnc3c(=O)[nH]c(N)nc32)C1O. The number of aromatic nitrogens is 4. The molecule has 2 aromatic heterocycles. The second kappa shape index (κ2) is 5.27. The van der Waals surface area contributed by atoms with Crippen molar-refractivity contribution in [3.63, 3.8) is 0 Å². The van der Waals surface area contributed by atoms with Gasteiger partial charge in [0.05, 0.1) is 25.1 Å². The number of imidazole rings is 1. The number of hydrogen-bond donors (Lipinski definition) is 4. The number of H-pyrrole nitrogens is 1. The Morgan fingerprint density at radius 2 is 2.41 bits per heavy atom. The highest BCUT2D eigenvalue weighted by molar-refractivity contribution is 5.70. The minimum Gasteiger partial charge on any atom is -0.394 e. The number of anilines is 1. The lowest BCUT2D eigenvalue weighted by atomic mass is 10.1. The van der Waals surface area contributed by atoms with Crippen LogP contribution in [0.2, 0.25) is 0 Å². The Morgan fingerprint density at radius 3 is 3.09 bits per heavy atom. The standard InChI is InChI=1S/C10H12N8O4/c11-10-14-7-5(8(21)15-10)13-2-18(7)9-6(20)4(16-17-12)3(1-19)22-9/h2-4,6,9,19-20H,1H2,(H3,11,14,15,21). The molecule has 4 atom stereocenters. The summed E-state index contributed by atoms with van der Waals surface area (Å²) in [7, 11) is 0. The number of ether oxygens (including phenoxy) is 1. The van der Waals surface area contributed by atoms with E-state index in [0.29, 0.717) is 0 Å².